The van der Waals surface area contributed by atoms with Crippen LogP contribution in [0.5, 0.6) is 0 Å². The minimum Gasteiger partial charge on any atom is -0.275 e. The van der Waals surface area contributed by atoms with Gasteiger partial charge in [-0.3, -0.25) is 4.79 Å². The second-order valence-corrected chi connectivity index (χ2v) is 2.56. The largest absolute Gasteiger partial charge is 0.275 e. The number of carbonyl (C=O) groups excluding carboxylic acids is 1. The average molecular weight is 218 g/mol. The molecule has 0 N–H and O–H groups in total. The Morgan fingerprint density at radius 3 is 3.00 bits per heavy atom. The van der Waals surface area contributed by atoms with Crippen molar-refractivity contribution in [3.63, 3.8) is 0 Å². The van der Waals surface area contributed by atoms with E-state index in [4.69, 9.17) is 11.6 Å². The number of nitrogens with zero attached hydrogens (tertiary/aromatic N) is 3. The van der Waals surface area contributed by atoms with Crippen LogP contribution in [0.25, 0.3) is 5.65 Å². The topological polar surface area (TPSA) is 47.3 Å². The minimum atomic E-state index is -0.538. The number of hydrogen-bond acceptors (Lipinski definition) is 3. The summed E-state index contributed by atoms with van der Waals surface area (Å²) >= 11 is 5.29. The third-order valence-corrected chi connectivity index (χ3v) is 1.69. The third-order valence-electron chi connectivity index (χ3n) is 1.49. The summed E-state index contributed by atoms with van der Waals surface area (Å²) in [5.74, 6) is 0. The van der Waals surface area contributed by atoms with Gasteiger partial charge in [0.25, 0.3) is 5.24 Å². The molecular formula is C7H5Cl2N3O. The fourth-order valence-electron chi connectivity index (χ4n) is 0.966. The molecule has 0 aliphatic rings. The summed E-state index contributed by atoms with van der Waals surface area (Å²) in [6.07, 6.45) is 4.68. The lowest BCUT2D eigenvalue weighted by Crippen LogP contribution is -1.91. The second-order valence-electron chi connectivity index (χ2n) is 2.22. The van der Waals surface area contributed by atoms with E-state index in [2.05, 4.69) is 10.1 Å². The van der Waals surface area contributed by atoms with Crippen molar-refractivity contribution in [2.24, 2.45) is 0 Å². The lowest BCUT2D eigenvalue weighted by Gasteiger charge is -1.89. The van der Waals surface area contributed by atoms with Gasteiger partial charge in [-0.05, 0) is 17.7 Å². The van der Waals surface area contributed by atoms with Crippen molar-refractivity contribution >= 4 is 34.9 Å². The van der Waals surface area contributed by atoms with Gasteiger partial charge in [-0.1, -0.05) is 0 Å². The first-order chi connectivity index (χ1) is 5.79. The molecule has 0 spiro atoms. The summed E-state index contributed by atoms with van der Waals surface area (Å²) in [7, 11) is 0. The molecule has 0 aliphatic carbocycles. The van der Waals surface area contributed by atoms with Crippen molar-refractivity contribution < 1.29 is 4.79 Å². The number of hydrogen-bond donors (Lipinski definition) is 0. The number of halogens is 2. The highest BCUT2D eigenvalue weighted by Crippen LogP contribution is 2.08. The minimum absolute atomic E-state index is 0. The molecule has 2 aromatic heterocycles. The van der Waals surface area contributed by atoms with Gasteiger partial charge in [-0.2, -0.15) is 5.10 Å². The van der Waals surface area contributed by atoms with Crippen LogP contribution in [0.4, 0.5) is 0 Å². The first-order valence-electron chi connectivity index (χ1n) is 3.27. The van der Waals surface area contributed by atoms with Crippen LogP contribution in [0.2, 0.25) is 0 Å². The van der Waals surface area contributed by atoms with Crippen LogP contribution < -0.4 is 0 Å². The van der Waals surface area contributed by atoms with Crippen LogP contribution in [0, 0.1) is 0 Å². The zero-order valence-electron chi connectivity index (χ0n) is 6.35. The maximum Gasteiger partial charge on any atom is 0.257 e. The zero-order valence-corrected chi connectivity index (χ0v) is 7.92. The van der Waals surface area contributed by atoms with Crippen LogP contribution in [0.1, 0.15) is 10.4 Å². The predicted molar refractivity (Wildman–Crippen MR) is 50.4 cm³/mol. The zero-order chi connectivity index (χ0) is 8.55. The highest BCUT2D eigenvalue weighted by Gasteiger charge is 2.09. The summed E-state index contributed by atoms with van der Waals surface area (Å²) in [5, 5.41) is 3.35. The molecule has 68 valence electrons. The first-order valence-corrected chi connectivity index (χ1v) is 3.65. The molecule has 0 unspecified atom stereocenters. The van der Waals surface area contributed by atoms with Crippen LogP contribution >= 0.6 is 24.0 Å². The summed E-state index contributed by atoms with van der Waals surface area (Å²) in [6.45, 7) is 0. The van der Waals surface area contributed by atoms with E-state index in [1.165, 1.54) is 10.7 Å². The van der Waals surface area contributed by atoms with Crippen molar-refractivity contribution in [2.45, 2.75) is 0 Å². The summed E-state index contributed by atoms with van der Waals surface area (Å²) in [6, 6.07) is 1.72. The Labute approximate surface area is 84.9 Å². The molecule has 0 amide bonds. The fraction of sp³-hybridized carbons (Fsp3) is 0. The lowest BCUT2D eigenvalue weighted by molar-refractivity contribution is 0.108. The van der Waals surface area contributed by atoms with Gasteiger partial charge < -0.3 is 0 Å². The van der Waals surface area contributed by atoms with E-state index in [9.17, 15) is 4.79 Å². The van der Waals surface area contributed by atoms with Crippen molar-refractivity contribution in [3.05, 3.63) is 30.2 Å². The smallest absolute Gasteiger partial charge is 0.257 e. The molecule has 0 bridgehead atoms. The van der Waals surface area contributed by atoms with E-state index < -0.39 is 5.24 Å². The molecule has 0 aliphatic heterocycles. The molecule has 13 heavy (non-hydrogen) atoms. The highest BCUT2D eigenvalue weighted by molar-refractivity contribution is 6.68. The Bertz CT molecular complexity index is 440. The maximum absolute atomic E-state index is 10.8. The van der Waals surface area contributed by atoms with Gasteiger partial charge in [-0.25, -0.2) is 9.50 Å². The predicted octanol–water partition coefficient (Wildman–Crippen LogP) is 1.53. The molecule has 0 aromatic carbocycles. The van der Waals surface area contributed by atoms with Gasteiger partial charge in [0.2, 0.25) is 0 Å². The SMILES string of the molecule is Cl.O=C(Cl)c1cnn2cccnc12. The second kappa shape index (κ2) is 3.72. The van der Waals surface area contributed by atoms with E-state index in [1.54, 1.807) is 18.5 Å². The van der Waals surface area contributed by atoms with Gasteiger partial charge in [0, 0.05) is 12.4 Å². The molecule has 0 saturated heterocycles. The van der Waals surface area contributed by atoms with Crippen molar-refractivity contribution in [1.82, 2.24) is 14.6 Å². The number of rotatable bonds is 1. The van der Waals surface area contributed by atoms with E-state index in [-0.39, 0.29) is 12.4 Å². The molecule has 0 radical (unpaired) electrons. The maximum atomic E-state index is 10.8. The molecule has 4 nitrogen and oxygen atoms in total. The van der Waals surface area contributed by atoms with Gasteiger partial charge in [0.15, 0.2) is 5.65 Å². The van der Waals surface area contributed by atoms with Gasteiger partial charge in [0.1, 0.15) is 0 Å². The van der Waals surface area contributed by atoms with E-state index >= 15 is 0 Å². The van der Waals surface area contributed by atoms with Crippen LogP contribution in [0.3, 0.4) is 0 Å². The normalized spacial score (nSPS) is 9.62. The lowest BCUT2D eigenvalue weighted by atomic mass is 10.4. The summed E-state index contributed by atoms with van der Waals surface area (Å²) < 4.78 is 1.50. The number of fused-ring (bicyclic) bond motifs is 1. The standard InChI is InChI=1S/C7H4ClN3O.ClH/c8-6(12)5-4-10-11-3-1-2-9-7(5)11;/h1-4H;1H. The Hall–Kier alpha value is -1.13. The molecule has 0 saturated carbocycles. The van der Waals surface area contributed by atoms with Crippen molar-refractivity contribution in [3.8, 4) is 0 Å². The van der Waals surface area contributed by atoms with Crippen LogP contribution in [-0.4, -0.2) is 19.8 Å². The van der Waals surface area contributed by atoms with E-state index in [0.29, 0.717) is 11.2 Å². The molecule has 2 aromatic rings. The van der Waals surface area contributed by atoms with Gasteiger partial charge in [0.05, 0.1) is 11.8 Å². The fourth-order valence-corrected chi connectivity index (χ4v) is 1.10. The highest BCUT2D eigenvalue weighted by atomic mass is 35.5. The van der Waals surface area contributed by atoms with Crippen LogP contribution in [0.15, 0.2) is 24.7 Å². The van der Waals surface area contributed by atoms with E-state index in [1.807, 2.05) is 0 Å². The Balaban J connectivity index is 0.000000845. The van der Waals surface area contributed by atoms with Crippen LogP contribution in [-0.2, 0) is 0 Å². The first kappa shape index (κ1) is 9.95. The molecule has 0 fully saturated rings. The van der Waals surface area contributed by atoms with E-state index in [0.717, 1.165) is 0 Å². The number of carbonyl (C=O) groups is 1. The average Bonchev–Trinajstić information content (AvgIpc) is 2.47. The molecule has 0 atom stereocenters. The third kappa shape index (κ3) is 1.64. The molecule has 6 heteroatoms. The summed E-state index contributed by atoms with van der Waals surface area (Å²) in [4.78, 5) is 14.8. The molecular weight excluding hydrogens is 213 g/mol. The molecule has 2 rings (SSSR count). The van der Waals surface area contributed by atoms with Crippen molar-refractivity contribution in [2.75, 3.05) is 0 Å². The summed E-state index contributed by atoms with van der Waals surface area (Å²) in [5.41, 5.74) is 0.815. The monoisotopic (exact) mass is 217 g/mol. The Morgan fingerprint density at radius 2 is 2.31 bits per heavy atom. The molecule has 2 heterocycles. The number of aromatic nitrogens is 3. The quantitative estimate of drug-likeness (QED) is 0.682. The Morgan fingerprint density at radius 1 is 1.54 bits per heavy atom. The van der Waals surface area contributed by atoms with Gasteiger partial charge in [-0.15, -0.1) is 12.4 Å². The Kier molecular flexibility index (Phi) is 2.85. The van der Waals surface area contributed by atoms with Gasteiger partial charge >= 0.3 is 0 Å². The van der Waals surface area contributed by atoms with Crippen molar-refractivity contribution in [1.29, 1.82) is 0 Å².